The predicted octanol–water partition coefficient (Wildman–Crippen LogP) is 1.77. The highest BCUT2D eigenvalue weighted by Crippen LogP contribution is 2.54. The van der Waals surface area contributed by atoms with Gasteiger partial charge in [-0.15, -0.1) is 0 Å². The highest BCUT2D eigenvalue weighted by Gasteiger charge is 2.53. The van der Waals surface area contributed by atoms with Crippen LogP contribution in [0, 0.1) is 12.3 Å². The quantitative estimate of drug-likeness (QED) is 0.606. The number of aromatic nitrogens is 3. The van der Waals surface area contributed by atoms with E-state index in [1.165, 1.54) is 6.92 Å². The van der Waals surface area contributed by atoms with Gasteiger partial charge in [-0.25, -0.2) is 13.8 Å². The average Bonchev–Trinajstić information content (AvgIpc) is 2.71. The Morgan fingerprint density at radius 2 is 2.12 bits per heavy atom. The zero-order valence-corrected chi connectivity index (χ0v) is 19.3. The van der Waals surface area contributed by atoms with E-state index >= 15 is 0 Å². The van der Waals surface area contributed by atoms with Crippen LogP contribution in [0.4, 0.5) is 14.7 Å². The van der Waals surface area contributed by atoms with Gasteiger partial charge < -0.3 is 15.2 Å². The molecule has 1 aliphatic carbocycles. The van der Waals surface area contributed by atoms with E-state index in [-0.39, 0.29) is 47.6 Å². The summed E-state index contributed by atoms with van der Waals surface area (Å²) in [7, 11) is 0. The molecule has 11 heteroatoms. The molecule has 2 atom stereocenters. The second-order valence-electron chi connectivity index (χ2n) is 9.97. The number of fused-ring (bicyclic) bond motifs is 1. The van der Waals surface area contributed by atoms with Gasteiger partial charge >= 0.3 is 0 Å². The van der Waals surface area contributed by atoms with Gasteiger partial charge in [0, 0.05) is 37.3 Å². The Kier molecular flexibility index (Phi) is 5.89. The number of Topliss-reactive ketones (excluding diaryl/α,β-unsaturated/α-hetero) is 1. The van der Waals surface area contributed by atoms with Gasteiger partial charge in [-0.2, -0.15) is 4.98 Å². The number of hydrogen-bond acceptors (Lipinski definition) is 8. The molecule has 5 rings (SSSR count). The number of aryl methyl sites for hydroxylation is 1. The van der Waals surface area contributed by atoms with Crippen LogP contribution >= 0.6 is 0 Å². The van der Waals surface area contributed by atoms with Crippen molar-refractivity contribution >= 4 is 22.8 Å². The molecule has 0 amide bonds. The van der Waals surface area contributed by atoms with Crippen molar-refractivity contribution in [3.05, 3.63) is 27.7 Å². The van der Waals surface area contributed by atoms with Crippen molar-refractivity contribution in [1.82, 2.24) is 19.4 Å². The van der Waals surface area contributed by atoms with E-state index in [0.29, 0.717) is 61.5 Å². The Labute approximate surface area is 195 Å². The van der Waals surface area contributed by atoms with E-state index in [9.17, 15) is 23.5 Å². The molecular formula is C23H29F2N5O4. The van der Waals surface area contributed by atoms with Gasteiger partial charge in [0.05, 0.1) is 30.9 Å². The zero-order chi connectivity index (χ0) is 24.2. The number of carbonyl (C=O) groups excluding carboxylic acids is 1. The van der Waals surface area contributed by atoms with Gasteiger partial charge in [0.2, 0.25) is 5.95 Å². The maximum Gasteiger partial charge on any atom is 0.263 e. The molecule has 1 spiro atoms. The Morgan fingerprint density at radius 1 is 1.38 bits per heavy atom. The number of ketones is 1. The summed E-state index contributed by atoms with van der Waals surface area (Å²) >= 11 is 0. The maximum atomic E-state index is 13.5. The number of anilines is 1. The number of likely N-dealkylation sites (tertiary alicyclic amines) is 1. The largest absolute Gasteiger partial charge is 0.389 e. The molecule has 2 aromatic heterocycles. The lowest BCUT2D eigenvalue weighted by Crippen LogP contribution is -2.63. The van der Waals surface area contributed by atoms with Crippen LogP contribution in [0.3, 0.4) is 0 Å². The number of carbonyl (C=O) groups is 1. The number of pyridine rings is 1. The van der Waals surface area contributed by atoms with E-state index < -0.39 is 12.5 Å². The first-order valence-electron chi connectivity index (χ1n) is 11.6. The summed E-state index contributed by atoms with van der Waals surface area (Å²) in [5, 5.41) is 14.0. The number of halogens is 2. The lowest BCUT2D eigenvalue weighted by molar-refractivity contribution is -0.104. The summed E-state index contributed by atoms with van der Waals surface area (Å²) in [5.41, 5.74) is 0.673. The smallest absolute Gasteiger partial charge is 0.263 e. The van der Waals surface area contributed by atoms with Gasteiger partial charge in [-0.1, -0.05) is 0 Å². The van der Waals surface area contributed by atoms with E-state index in [4.69, 9.17) is 4.74 Å². The summed E-state index contributed by atoms with van der Waals surface area (Å²) in [6.45, 7) is 4.80. The Balaban J connectivity index is 1.48. The third-order valence-corrected chi connectivity index (χ3v) is 7.42. The van der Waals surface area contributed by atoms with Crippen LogP contribution in [0.25, 0.3) is 11.0 Å². The van der Waals surface area contributed by atoms with Crippen molar-refractivity contribution in [1.29, 1.82) is 0 Å². The van der Waals surface area contributed by atoms with Crippen LogP contribution in [0.1, 0.15) is 48.1 Å². The molecule has 2 N–H and O–H groups in total. The molecule has 2 aromatic rings. The molecule has 1 saturated carbocycles. The fourth-order valence-electron chi connectivity index (χ4n) is 5.82. The Morgan fingerprint density at radius 3 is 2.76 bits per heavy atom. The number of hydrogen-bond donors (Lipinski definition) is 2. The average molecular weight is 478 g/mol. The fourth-order valence-corrected chi connectivity index (χ4v) is 5.82. The topological polar surface area (TPSA) is 110 Å². The highest BCUT2D eigenvalue weighted by atomic mass is 19.3. The molecule has 9 nitrogen and oxygen atoms in total. The second-order valence-corrected chi connectivity index (χ2v) is 9.97. The number of ether oxygens (including phenoxy) is 1. The Hall–Kier alpha value is -2.50. The molecule has 2 unspecified atom stereocenters. The van der Waals surface area contributed by atoms with Gasteiger partial charge in [0.15, 0.2) is 5.78 Å². The maximum absolute atomic E-state index is 13.5. The molecule has 3 aliphatic rings. The lowest BCUT2D eigenvalue weighted by atomic mass is 9.60. The first-order chi connectivity index (χ1) is 16.2. The standard InChI is InChI=1S/C23H29F2N5O4/c1-12-15-7-26-22(27-16-3-4-34-9-17(16)32)28-20(15)30(21(33)19(12)13(2)31)14-5-23(6-14)10-29(11-23)8-18(24)25/h7,14,16-18,32H,3-6,8-11H2,1-2H3,(H,26,27,28). The normalized spacial score (nSPS) is 24.9. The summed E-state index contributed by atoms with van der Waals surface area (Å²) < 4.78 is 32.2. The van der Waals surface area contributed by atoms with Crippen molar-refractivity contribution in [3.8, 4) is 0 Å². The van der Waals surface area contributed by atoms with Crippen molar-refractivity contribution < 1.29 is 23.4 Å². The predicted molar refractivity (Wildman–Crippen MR) is 121 cm³/mol. The molecule has 0 bridgehead atoms. The Bertz CT molecular complexity index is 1170. The van der Waals surface area contributed by atoms with E-state index in [1.807, 2.05) is 0 Å². The lowest BCUT2D eigenvalue weighted by Gasteiger charge is -2.59. The molecule has 0 radical (unpaired) electrons. The minimum Gasteiger partial charge on any atom is -0.389 e. The van der Waals surface area contributed by atoms with E-state index in [1.54, 1.807) is 22.6 Å². The first kappa shape index (κ1) is 23.3. The number of alkyl halides is 2. The van der Waals surface area contributed by atoms with E-state index in [0.717, 1.165) is 0 Å². The molecule has 0 aromatic carbocycles. The van der Waals surface area contributed by atoms with Crippen LogP contribution in [0.15, 0.2) is 11.0 Å². The molecular weight excluding hydrogens is 448 g/mol. The van der Waals surface area contributed by atoms with Gasteiger partial charge in [-0.05, 0) is 44.1 Å². The van der Waals surface area contributed by atoms with Gasteiger partial charge in [0.1, 0.15) is 5.65 Å². The molecule has 2 saturated heterocycles. The number of aliphatic hydroxyl groups is 1. The summed E-state index contributed by atoms with van der Waals surface area (Å²) in [6, 6.07) is -0.439. The van der Waals surface area contributed by atoms with E-state index in [2.05, 4.69) is 15.3 Å². The SMILES string of the molecule is CC(=O)c1c(C)c2cnc(NC3CCOCC3O)nc2n(C2CC3(C2)CN(CC(F)F)C3)c1=O. The van der Waals surface area contributed by atoms with Crippen LogP contribution in [-0.2, 0) is 4.74 Å². The van der Waals surface area contributed by atoms with Crippen LogP contribution < -0.4 is 10.9 Å². The highest BCUT2D eigenvalue weighted by molar-refractivity contribution is 5.99. The summed E-state index contributed by atoms with van der Waals surface area (Å²) in [6.07, 6.45) is 0.500. The third-order valence-electron chi connectivity index (χ3n) is 7.42. The molecule has 34 heavy (non-hydrogen) atoms. The van der Waals surface area contributed by atoms with Crippen molar-refractivity contribution in [2.45, 2.75) is 57.7 Å². The molecule has 184 valence electrons. The monoisotopic (exact) mass is 477 g/mol. The minimum atomic E-state index is -2.35. The van der Waals surface area contributed by atoms with Crippen LogP contribution in [0.2, 0.25) is 0 Å². The van der Waals surface area contributed by atoms with Crippen molar-refractivity contribution in [2.75, 3.05) is 38.2 Å². The number of aliphatic hydroxyl groups excluding tert-OH is 1. The molecule has 2 aliphatic heterocycles. The summed E-state index contributed by atoms with van der Waals surface area (Å²) in [4.78, 5) is 36.6. The number of nitrogens with zero attached hydrogens (tertiary/aromatic N) is 4. The molecule has 4 heterocycles. The first-order valence-corrected chi connectivity index (χ1v) is 11.6. The third kappa shape index (κ3) is 3.99. The minimum absolute atomic E-state index is 0.0626. The van der Waals surface area contributed by atoms with Gasteiger partial charge in [-0.3, -0.25) is 19.1 Å². The van der Waals surface area contributed by atoms with Crippen molar-refractivity contribution in [3.63, 3.8) is 0 Å². The van der Waals surface area contributed by atoms with Crippen LogP contribution in [0.5, 0.6) is 0 Å². The molecule has 3 fully saturated rings. The van der Waals surface area contributed by atoms with Gasteiger partial charge in [0.25, 0.3) is 12.0 Å². The zero-order valence-electron chi connectivity index (χ0n) is 19.3. The second kappa shape index (κ2) is 8.62. The van der Waals surface area contributed by atoms with Crippen LogP contribution in [-0.4, -0.2) is 81.7 Å². The fraction of sp³-hybridized carbons (Fsp3) is 0.652. The summed E-state index contributed by atoms with van der Waals surface area (Å²) in [5.74, 6) is -0.0196. The van der Waals surface area contributed by atoms with Crippen molar-refractivity contribution in [2.24, 2.45) is 5.41 Å². The number of rotatable bonds is 6. The number of nitrogens with one attached hydrogen (secondary N) is 1.